The van der Waals surface area contributed by atoms with Gasteiger partial charge in [0, 0.05) is 18.6 Å². The van der Waals surface area contributed by atoms with E-state index < -0.39 is 0 Å². The normalized spacial score (nSPS) is 30.3. The average molecular weight is 327 g/mol. The highest BCUT2D eigenvalue weighted by Crippen LogP contribution is 2.24. The lowest BCUT2D eigenvalue weighted by molar-refractivity contribution is -0.0299. The molecule has 2 heterocycles. The van der Waals surface area contributed by atoms with E-state index in [1.807, 2.05) is 0 Å². The van der Waals surface area contributed by atoms with Gasteiger partial charge in [-0.15, -0.1) is 0 Å². The molecule has 23 heavy (non-hydrogen) atoms. The Morgan fingerprint density at radius 2 is 1.65 bits per heavy atom. The molecule has 2 fully saturated rings. The summed E-state index contributed by atoms with van der Waals surface area (Å²) in [5, 5.41) is 3.64. The molecule has 0 aromatic rings. The minimum Gasteiger partial charge on any atom is -0.374 e. The summed E-state index contributed by atoms with van der Waals surface area (Å²) in [6.45, 7) is 18.1. The molecule has 2 rings (SSSR count). The molecular formula is C19H38N2O2. The number of rotatable bonds is 6. The molecule has 4 heteroatoms. The summed E-state index contributed by atoms with van der Waals surface area (Å²) >= 11 is 0. The molecule has 2 aliphatic heterocycles. The number of nitrogens with one attached hydrogen (secondary N) is 1. The third-order valence-corrected chi connectivity index (χ3v) is 4.73. The van der Waals surface area contributed by atoms with Crippen molar-refractivity contribution in [2.24, 2.45) is 5.92 Å². The van der Waals surface area contributed by atoms with Crippen LogP contribution in [0.1, 0.15) is 60.8 Å². The fourth-order valence-electron chi connectivity index (χ4n) is 3.52. The Kier molecular flexibility index (Phi) is 6.51. The van der Waals surface area contributed by atoms with Gasteiger partial charge < -0.3 is 14.8 Å². The Hall–Kier alpha value is -0.160. The van der Waals surface area contributed by atoms with Gasteiger partial charge in [-0.1, -0.05) is 0 Å². The van der Waals surface area contributed by atoms with Gasteiger partial charge in [-0.3, -0.25) is 4.90 Å². The van der Waals surface area contributed by atoms with E-state index in [0.717, 1.165) is 25.7 Å². The van der Waals surface area contributed by atoms with Crippen molar-refractivity contribution in [1.29, 1.82) is 0 Å². The summed E-state index contributed by atoms with van der Waals surface area (Å²) in [7, 11) is 0. The second-order valence-corrected chi connectivity index (χ2v) is 9.34. The first-order valence-corrected chi connectivity index (χ1v) is 9.38. The highest BCUT2D eigenvalue weighted by Gasteiger charge is 2.32. The number of hydrogen-bond donors (Lipinski definition) is 1. The van der Waals surface area contributed by atoms with E-state index in [9.17, 15) is 0 Å². The smallest absolute Gasteiger partial charge is 0.0628 e. The third kappa shape index (κ3) is 7.08. The molecule has 2 saturated heterocycles. The number of hydrogen-bond acceptors (Lipinski definition) is 4. The van der Waals surface area contributed by atoms with E-state index in [4.69, 9.17) is 9.47 Å². The molecule has 0 aliphatic carbocycles. The summed E-state index contributed by atoms with van der Waals surface area (Å²) in [5.74, 6) is 0.749. The summed E-state index contributed by atoms with van der Waals surface area (Å²) < 4.78 is 12.0. The van der Waals surface area contributed by atoms with Crippen LogP contribution >= 0.6 is 0 Å². The Labute approximate surface area is 143 Å². The van der Waals surface area contributed by atoms with Crippen molar-refractivity contribution in [3.8, 4) is 0 Å². The van der Waals surface area contributed by atoms with Crippen molar-refractivity contribution >= 4 is 0 Å². The van der Waals surface area contributed by atoms with Crippen LogP contribution in [0.3, 0.4) is 0 Å². The van der Waals surface area contributed by atoms with Crippen molar-refractivity contribution in [1.82, 2.24) is 10.2 Å². The van der Waals surface area contributed by atoms with Crippen molar-refractivity contribution in [3.63, 3.8) is 0 Å². The summed E-state index contributed by atoms with van der Waals surface area (Å²) in [4.78, 5) is 2.66. The van der Waals surface area contributed by atoms with Gasteiger partial charge in [0.25, 0.3) is 0 Å². The zero-order valence-electron chi connectivity index (χ0n) is 16.2. The molecule has 0 spiro atoms. The Morgan fingerprint density at radius 3 is 2.30 bits per heavy atom. The lowest BCUT2D eigenvalue weighted by Crippen LogP contribution is -2.39. The van der Waals surface area contributed by atoms with E-state index in [2.05, 4.69) is 51.8 Å². The van der Waals surface area contributed by atoms with Crippen LogP contribution in [0.5, 0.6) is 0 Å². The van der Waals surface area contributed by atoms with E-state index in [-0.39, 0.29) is 11.2 Å². The quantitative estimate of drug-likeness (QED) is 0.813. The predicted octanol–water partition coefficient (Wildman–Crippen LogP) is 3.06. The van der Waals surface area contributed by atoms with Crippen molar-refractivity contribution in [3.05, 3.63) is 0 Å². The topological polar surface area (TPSA) is 33.7 Å². The highest BCUT2D eigenvalue weighted by molar-refractivity contribution is 4.88. The van der Waals surface area contributed by atoms with Gasteiger partial charge in [0.1, 0.15) is 0 Å². The molecule has 0 aromatic heterocycles. The molecule has 3 atom stereocenters. The molecular weight excluding hydrogens is 288 g/mol. The van der Waals surface area contributed by atoms with Crippen LogP contribution in [0.15, 0.2) is 0 Å². The molecule has 0 saturated carbocycles. The molecule has 2 aliphatic rings. The van der Waals surface area contributed by atoms with E-state index in [1.165, 1.54) is 32.4 Å². The predicted molar refractivity (Wildman–Crippen MR) is 95.9 cm³/mol. The molecule has 3 unspecified atom stereocenters. The molecule has 1 N–H and O–H groups in total. The SMILES string of the molecule is CC(C)(C)OCC1CC(CN2CCCC2COC(C)(C)C)CN1. The van der Waals surface area contributed by atoms with Crippen LogP contribution in [0.4, 0.5) is 0 Å². The standard InChI is InChI=1S/C19H38N2O2/c1-18(2,3)22-13-16-10-15(11-20-16)12-21-9-7-8-17(21)14-23-19(4,5)6/h15-17,20H,7-14H2,1-6H3. The molecule has 0 radical (unpaired) electrons. The van der Waals surface area contributed by atoms with Crippen molar-refractivity contribution < 1.29 is 9.47 Å². The van der Waals surface area contributed by atoms with E-state index >= 15 is 0 Å². The maximum Gasteiger partial charge on any atom is 0.0628 e. The summed E-state index contributed by atoms with van der Waals surface area (Å²) in [6, 6.07) is 1.13. The fraction of sp³-hybridized carbons (Fsp3) is 1.00. The van der Waals surface area contributed by atoms with Crippen LogP contribution in [-0.4, -0.2) is 61.0 Å². The van der Waals surface area contributed by atoms with E-state index in [0.29, 0.717) is 12.1 Å². The monoisotopic (exact) mass is 326 g/mol. The third-order valence-electron chi connectivity index (χ3n) is 4.73. The van der Waals surface area contributed by atoms with Crippen LogP contribution < -0.4 is 5.32 Å². The number of ether oxygens (including phenoxy) is 2. The first-order valence-electron chi connectivity index (χ1n) is 9.38. The molecule has 0 amide bonds. The van der Waals surface area contributed by atoms with Crippen LogP contribution in [0, 0.1) is 5.92 Å². The van der Waals surface area contributed by atoms with Gasteiger partial charge in [0.05, 0.1) is 24.4 Å². The van der Waals surface area contributed by atoms with E-state index in [1.54, 1.807) is 0 Å². The average Bonchev–Trinajstić information content (AvgIpc) is 3.02. The lowest BCUT2D eigenvalue weighted by Gasteiger charge is -2.30. The zero-order valence-corrected chi connectivity index (χ0v) is 16.2. The van der Waals surface area contributed by atoms with Gasteiger partial charge in [0.2, 0.25) is 0 Å². The number of nitrogens with zero attached hydrogens (tertiary/aromatic N) is 1. The minimum atomic E-state index is -0.0376. The Balaban J connectivity index is 1.72. The molecule has 4 nitrogen and oxygen atoms in total. The second-order valence-electron chi connectivity index (χ2n) is 9.34. The van der Waals surface area contributed by atoms with Crippen molar-refractivity contribution in [2.45, 2.75) is 84.1 Å². The lowest BCUT2D eigenvalue weighted by atomic mass is 10.0. The van der Waals surface area contributed by atoms with Crippen LogP contribution in [-0.2, 0) is 9.47 Å². The largest absolute Gasteiger partial charge is 0.374 e. The van der Waals surface area contributed by atoms with Gasteiger partial charge in [-0.2, -0.15) is 0 Å². The first kappa shape index (κ1) is 19.2. The molecule has 0 bridgehead atoms. The van der Waals surface area contributed by atoms with Gasteiger partial charge >= 0.3 is 0 Å². The molecule has 0 aromatic carbocycles. The summed E-state index contributed by atoms with van der Waals surface area (Å²) in [6.07, 6.45) is 3.83. The second kappa shape index (κ2) is 7.81. The van der Waals surface area contributed by atoms with Crippen molar-refractivity contribution in [2.75, 3.05) is 32.8 Å². The highest BCUT2D eigenvalue weighted by atomic mass is 16.5. The fourth-order valence-corrected chi connectivity index (χ4v) is 3.52. The zero-order chi connectivity index (χ0) is 17.1. The minimum absolute atomic E-state index is 0.0292. The van der Waals surface area contributed by atoms with Crippen LogP contribution in [0.25, 0.3) is 0 Å². The maximum atomic E-state index is 6.03. The molecule has 136 valence electrons. The van der Waals surface area contributed by atoms with Gasteiger partial charge in [-0.05, 0) is 79.8 Å². The van der Waals surface area contributed by atoms with Gasteiger partial charge in [-0.25, -0.2) is 0 Å². The Morgan fingerprint density at radius 1 is 1.00 bits per heavy atom. The Bertz CT molecular complexity index is 359. The summed E-state index contributed by atoms with van der Waals surface area (Å²) in [5.41, 5.74) is -0.0668. The number of likely N-dealkylation sites (tertiary alicyclic amines) is 1. The van der Waals surface area contributed by atoms with Gasteiger partial charge in [0.15, 0.2) is 0 Å². The first-order chi connectivity index (χ1) is 10.6. The maximum absolute atomic E-state index is 6.03. The van der Waals surface area contributed by atoms with Crippen LogP contribution in [0.2, 0.25) is 0 Å².